The molecule has 0 spiro atoms. The Kier molecular flexibility index (Phi) is 5.79. The van der Waals surface area contributed by atoms with Gasteiger partial charge < -0.3 is 10.5 Å². The number of nitrogens with two attached hydrogens (primary N) is 1. The monoisotopic (exact) mass is 331 g/mol. The van der Waals surface area contributed by atoms with Crippen LogP contribution in [-0.2, 0) is 10.8 Å². The standard InChI is InChI=1S/C18H28F3NO/c1-16(2,3)12-8-7-9-13(15(12)17(4,5)6)23-14(10-11-22)18(19,20)21/h7-9,14H,10-11,22H2,1-6H3. The second-order valence-electron chi connectivity index (χ2n) is 7.90. The van der Waals surface area contributed by atoms with Crippen LogP contribution in [0.3, 0.4) is 0 Å². The van der Waals surface area contributed by atoms with Crippen LogP contribution in [0, 0.1) is 0 Å². The minimum Gasteiger partial charge on any atom is -0.481 e. The predicted molar refractivity (Wildman–Crippen MR) is 88.0 cm³/mol. The zero-order valence-electron chi connectivity index (χ0n) is 14.8. The van der Waals surface area contributed by atoms with Crippen molar-refractivity contribution in [2.45, 2.75) is 71.1 Å². The lowest BCUT2D eigenvalue weighted by molar-refractivity contribution is -0.196. The summed E-state index contributed by atoms with van der Waals surface area (Å²) in [6, 6.07) is 5.32. The van der Waals surface area contributed by atoms with E-state index < -0.39 is 12.3 Å². The van der Waals surface area contributed by atoms with Crippen molar-refractivity contribution in [2.75, 3.05) is 6.54 Å². The van der Waals surface area contributed by atoms with Gasteiger partial charge in [0.2, 0.25) is 0 Å². The second kappa shape index (κ2) is 6.71. The highest BCUT2D eigenvalue weighted by Crippen LogP contribution is 2.41. The van der Waals surface area contributed by atoms with E-state index in [9.17, 15) is 13.2 Å². The third-order valence-corrected chi connectivity index (χ3v) is 3.65. The van der Waals surface area contributed by atoms with Crippen LogP contribution in [0.5, 0.6) is 5.75 Å². The van der Waals surface area contributed by atoms with Gasteiger partial charge in [-0.05, 0) is 29.0 Å². The third-order valence-electron chi connectivity index (χ3n) is 3.65. The van der Waals surface area contributed by atoms with Crippen LogP contribution >= 0.6 is 0 Å². The van der Waals surface area contributed by atoms with Crippen LogP contribution < -0.4 is 10.5 Å². The molecule has 1 rings (SSSR count). The second-order valence-corrected chi connectivity index (χ2v) is 7.90. The van der Waals surface area contributed by atoms with Crippen LogP contribution in [0.25, 0.3) is 0 Å². The molecule has 2 nitrogen and oxygen atoms in total. The first-order chi connectivity index (χ1) is 10.3. The fourth-order valence-corrected chi connectivity index (χ4v) is 2.62. The molecule has 1 aromatic rings. The van der Waals surface area contributed by atoms with Crippen LogP contribution in [0.4, 0.5) is 13.2 Å². The van der Waals surface area contributed by atoms with Gasteiger partial charge in [0.05, 0.1) is 0 Å². The van der Waals surface area contributed by atoms with E-state index in [0.29, 0.717) is 5.75 Å². The molecule has 0 aliphatic carbocycles. The molecule has 0 amide bonds. The summed E-state index contributed by atoms with van der Waals surface area (Å²) in [4.78, 5) is 0. The van der Waals surface area contributed by atoms with E-state index in [1.54, 1.807) is 12.1 Å². The highest BCUT2D eigenvalue weighted by molar-refractivity contribution is 5.47. The van der Waals surface area contributed by atoms with Crippen molar-refractivity contribution in [1.82, 2.24) is 0 Å². The fourth-order valence-electron chi connectivity index (χ4n) is 2.62. The minimum atomic E-state index is -4.44. The first-order valence-electron chi connectivity index (χ1n) is 7.86. The summed E-state index contributed by atoms with van der Waals surface area (Å²) in [7, 11) is 0. The first kappa shape index (κ1) is 19.8. The molecule has 0 aliphatic heterocycles. The maximum Gasteiger partial charge on any atom is 0.425 e. The Balaban J connectivity index is 3.42. The van der Waals surface area contributed by atoms with E-state index in [-0.39, 0.29) is 23.8 Å². The number of hydrogen-bond acceptors (Lipinski definition) is 2. The Morgan fingerprint density at radius 2 is 1.57 bits per heavy atom. The van der Waals surface area contributed by atoms with Crippen LogP contribution in [0.15, 0.2) is 18.2 Å². The van der Waals surface area contributed by atoms with Crippen molar-refractivity contribution >= 4 is 0 Å². The van der Waals surface area contributed by atoms with Gasteiger partial charge >= 0.3 is 6.18 Å². The molecule has 0 bridgehead atoms. The number of alkyl halides is 3. The Hall–Kier alpha value is -1.23. The van der Waals surface area contributed by atoms with Gasteiger partial charge in [-0.1, -0.05) is 53.7 Å². The Morgan fingerprint density at radius 1 is 1.00 bits per heavy atom. The highest BCUT2D eigenvalue weighted by Gasteiger charge is 2.42. The number of benzene rings is 1. The van der Waals surface area contributed by atoms with Gasteiger partial charge in [-0.15, -0.1) is 0 Å². The van der Waals surface area contributed by atoms with E-state index >= 15 is 0 Å². The molecular formula is C18H28F3NO. The maximum absolute atomic E-state index is 13.2. The lowest BCUT2D eigenvalue weighted by atomic mass is 9.75. The fraction of sp³-hybridized carbons (Fsp3) is 0.667. The van der Waals surface area contributed by atoms with Gasteiger partial charge in [0.15, 0.2) is 6.10 Å². The molecule has 1 unspecified atom stereocenters. The van der Waals surface area contributed by atoms with Gasteiger partial charge in [-0.25, -0.2) is 0 Å². The predicted octanol–water partition coefficient (Wildman–Crippen LogP) is 4.94. The van der Waals surface area contributed by atoms with Crippen molar-refractivity contribution in [3.8, 4) is 5.75 Å². The molecule has 1 aromatic carbocycles. The molecule has 0 saturated carbocycles. The number of halogens is 3. The minimum absolute atomic E-state index is 0.0754. The largest absolute Gasteiger partial charge is 0.481 e. The van der Waals surface area contributed by atoms with Crippen LogP contribution in [0.1, 0.15) is 59.1 Å². The summed E-state index contributed by atoms with van der Waals surface area (Å²) in [6.07, 6.45) is -6.58. The Bertz CT molecular complexity index is 525. The number of ether oxygens (including phenoxy) is 1. The molecule has 0 aromatic heterocycles. The van der Waals surface area contributed by atoms with E-state index in [0.717, 1.165) is 11.1 Å². The Morgan fingerprint density at radius 3 is 1.96 bits per heavy atom. The third kappa shape index (κ3) is 5.13. The topological polar surface area (TPSA) is 35.2 Å². The summed E-state index contributed by atoms with van der Waals surface area (Å²) in [5.41, 5.74) is 6.61. The highest BCUT2D eigenvalue weighted by atomic mass is 19.4. The van der Waals surface area contributed by atoms with Gasteiger partial charge in [-0.3, -0.25) is 0 Å². The molecule has 0 aliphatic rings. The quantitative estimate of drug-likeness (QED) is 0.848. The molecule has 0 heterocycles. The van der Waals surface area contributed by atoms with Crippen molar-refractivity contribution in [3.63, 3.8) is 0 Å². The molecule has 0 radical (unpaired) electrons. The van der Waals surface area contributed by atoms with Crippen molar-refractivity contribution in [1.29, 1.82) is 0 Å². The zero-order valence-corrected chi connectivity index (χ0v) is 14.8. The molecule has 23 heavy (non-hydrogen) atoms. The van der Waals surface area contributed by atoms with Gasteiger partial charge in [0.1, 0.15) is 5.75 Å². The van der Waals surface area contributed by atoms with Gasteiger partial charge in [0, 0.05) is 12.0 Å². The maximum atomic E-state index is 13.2. The molecule has 132 valence electrons. The summed E-state index contributed by atoms with van der Waals surface area (Å²) < 4.78 is 44.9. The molecule has 0 saturated heterocycles. The summed E-state index contributed by atoms with van der Waals surface area (Å²) >= 11 is 0. The van der Waals surface area contributed by atoms with E-state index in [2.05, 4.69) is 0 Å². The molecule has 2 N–H and O–H groups in total. The van der Waals surface area contributed by atoms with Gasteiger partial charge in [0.25, 0.3) is 0 Å². The zero-order chi connectivity index (χ0) is 18.1. The average Bonchev–Trinajstić information content (AvgIpc) is 2.34. The summed E-state index contributed by atoms with van der Waals surface area (Å²) in [5.74, 6) is 0.292. The van der Waals surface area contributed by atoms with Crippen molar-refractivity contribution in [3.05, 3.63) is 29.3 Å². The summed E-state index contributed by atoms with van der Waals surface area (Å²) in [6.45, 7) is 12.0. The average molecular weight is 331 g/mol. The number of hydrogen-bond donors (Lipinski definition) is 1. The lowest BCUT2D eigenvalue weighted by Crippen LogP contribution is -2.37. The van der Waals surface area contributed by atoms with Crippen molar-refractivity contribution in [2.24, 2.45) is 5.73 Å². The smallest absolute Gasteiger partial charge is 0.425 e. The molecule has 1 atom stereocenters. The lowest BCUT2D eigenvalue weighted by Gasteiger charge is -2.33. The van der Waals surface area contributed by atoms with E-state index in [4.69, 9.17) is 10.5 Å². The number of rotatable bonds is 4. The molecule has 5 heteroatoms. The van der Waals surface area contributed by atoms with Crippen LogP contribution in [0.2, 0.25) is 0 Å². The van der Waals surface area contributed by atoms with Crippen LogP contribution in [-0.4, -0.2) is 18.8 Å². The van der Waals surface area contributed by atoms with Gasteiger partial charge in [-0.2, -0.15) is 13.2 Å². The summed E-state index contributed by atoms with van der Waals surface area (Å²) in [5, 5.41) is 0. The first-order valence-corrected chi connectivity index (χ1v) is 7.86. The molecule has 0 fully saturated rings. The SMILES string of the molecule is CC(C)(C)c1cccc(OC(CCN)C(F)(F)F)c1C(C)(C)C. The van der Waals surface area contributed by atoms with E-state index in [1.807, 2.05) is 47.6 Å². The molecular weight excluding hydrogens is 303 g/mol. The van der Waals surface area contributed by atoms with E-state index in [1.165, 1.54) is 0 Å². The normalized spacial score (nSPS) is 14.7. The Labute approximate surface area is 137 Å². The van der Waals surface area contributed by atoms with Crippen molar-refractivity contribution < 1.29 is 17.9 Å².